The van der Waals surface area contributed by atoms with Crippen molar-refractivity contribution in [1.29, 1.82) is 0 Å². The summed E-state index contributed by atoms with van der Waals surface area (Å²) in [5, 5.41) is 5.46. The Kier molecular flexibility index (Phi) is 4.50. The van der Waals surface area contributed by atoms with Gasteiger partial charge in [0.05, 0.1) is 6.54 Å². The van der Waals surface area contributed by atoms with Crippen LogP contribution in [0.1, 0.15) is 37.4 Å². The maximum atomic E-state index is 12.1. The lowest BCUT2D eigenvalue weighted by molar-refractivity contribution is -0.125. The molecule has 3 rings (SSSR count). The molecule has 2 aliphatic carbocycles. The molecule has 0 unspecified atom stereocenters. The summed E-state index contributed by atoms with van der Waals surface area (Å²) in [4.78, 5) is 34.8. The van der Waals surface area contributed by atoms with E-state index in [0.717, 1.165) is 37.1 Å². The third kappa shape index (κ3) is 4.00. The number of nitrogens with one attached hydrogen (secondary N) is 2. The van der Waals surface area contributed by atoms with Crippen LogP contribution in [0.15, 0.2) is 16.9 Å². The molecule has 124 valence electrons. The van der Waals surface area contributed by atoms with Crippen molar-refractivity contribution in [1.82, 2.24) is 15.2 Å². The average molecular weight is 317 g/mol. The van der Waals surface area contributed by atoms with Crippen LogP contribution in [-0.2, 0) is 29.0 Å². The van der Waals surface area contributed by atoms with Crippen molar-refractivity contribution in [3.05, 3.63) is 33.7 Å². The molecule has 0 bridgehead atoms. The number of hydrogen-bond acceptors (Lipinski definition) is 3. The number of aromatic nitrogens is 1. The summed E-state index contributed by atoms with van der Waals surface area (Å²) in [6, 6.07) is 3.60. The molecule has 2 N–H and O–H groups in total. The van der Waals surface area contributed by atoms with E-state index in [4.69, 9.17) is 0 Å². The number of rotatable bonds is 5. The lowest BCUT2D eigenvalue weighted by atomic mass is 9.91. The molecule has 6 nitrogen and oxygen atoms in total. The van der Waals surface area contributed by atoms with E-state index in [0.29, 0.717) is 5.92 Å². The molecule has 1 atom stereocenters. The lowest BCUT2D eigenvalue weighted by Crippen LogP contribution is -2.44. The van der Waals surface area contributed by atoms with Gasteiger partial charge in [-0.25, -0.2) is 0 Å². The number of nitrogens with zero attached hydrogens (tertiary/aromatic N) is 1. The van der Waals surface area contributed by atoms with Gasteiger partial charge in [0.1, 0.15) is 0 Å². The van der Waals surface area contributed by atoms with Gasteiger partial charge in [0.2, 0.25) is 11.8 Å². The normalized spacial score (nSPS) is 19.8. The number of carbonyl (C=O) groups is 2. The Morgan fingerprint density at radius 2 is 2.04 bits per heavy atom. The van der Waals surface area contributed by atoms with Crippen LogP contribution in [0.2, 0.25) is 0 Å². The van der Waals surface area contributed by atoms with E-state index < -0.39 is 0 Å². The molecule has 23 heavy (non-hydrogen) atoms. The quantitative estimate of drug-likeness (QED) is 0.823. The third-order valence-corrected chi connectivity index (χ3v) is 4.59. The Bertz CT molecular complexity index is 676. The molecule has 1 saturated carbocycles. The molecule has 0 saturated heterocycles. The first-order chi connectivity index (χ1) is 11.0. The van der Waals surface area contributed by atoms with E-state index in [1.165, 1.54) is 19.8 Å². The maximum Gasteiger partial charge on any atom is 0.250 e. The van der Waals surface area contributed by atoms with Crippen LogP contribution in [0.4, 0.5) is 0 Å². The molecule has 6 heteroatoms. The van der Waals surface area contributed by atoms with Gasteiger partial charge in [0.25, 0.3) is 5.56 Å². The summed E-state index contributed by atoms with van der Waals surface area (Å²) >= 11 is 0. The zero-order valence-electron chi connectivity index (χ0n) is 13.4. The first-order valence-electron chi connectivity index (χ1n) is 8.28. The zero-order valence-corrected chi connectivity index (χ0v) is 13.4. The highest BCUT2D eigenvalue weighted by atomic mass is 16.2. The molecule has 1 aromatic heterocycles. The van der Waals surface area contributed by atoms with Gasteiger partial charge >= 0.3 is 0 Å². The molecule has 0 spiro atoms. The topological polar surface area (TPSA) is 80.2 Å². The van der Waals surface area contributed by atoms with Crippen LogP contribution in [0.25, 0.3) is 0 Å². The highest BCUT2D eigenvalue weighted by molar-refractivity contribution is 5.83. The predicted octanol–water partition coefficient (Wildman–Crippen LogP) is 0.368. The van der Waals surface area contributed by atoms with Gasteiger partial charge in [-0.1, -0.05) is 6.07 Å². The standard InChI is InChI=1S/C17H23N3O3/c1-11(21)18-9-16(22)19-14-5-6-15-13(8-14)4-7-17(23)20(15)10-12-2-3-12/h4,7,12,14H,2-3,5-6,8-10H2,1H3,(H,18,21)(H,19,22)/t14-/m1/s1. The second-order valence-corrected chi connectivity index (χ2v) is 6.61. The van der Waals surface area contributed by atoms with E-state index in [-0.39, 0.29) is 30.0 Å². The van der Waals surface area contributed by atoms with Crippen LogP contribution in [-0.4, -0.2) is 29.0 Å². The Labute approximate surface area is 135 Å². The molecule has 1 fully saturated rings. The molecule has 1 heterocycles. The Morgan fingerprint density at radius 3 is 2.74 bits per heavy atom. The number of fused-ring (bicyclic) bond motifs is 1. The molecule has 0 radical (unpaired) electrons. The van der Waals surface area contributed by atoms with Gasteiger partial charge in [-0.05, 0) is 43.6 Å². The average Bonchev–Trinajstić information content (AvgIpc) is 3.32. The predicted molar refractivity (Wildman–Crippen MR) is 86.1 cm³/mol. The van der Waals surface area contributed by atoms with E-state index in [1.807, 2.05) is 10.6 Å². The lowest BCUT2D eigenvalue weighted by Gasteiger charge is -2.27. The van der Waals surface area contributed by atoms with Gasteiger partial charge in [0, 0.05) is 31.3 Å². The molecule has 2 amide bonds. The third-order valence-electron chi connectivity index (χ3n) is 4.59. The summed E-state index contributed by atoms with van der Waals surface area (Å²) in [5.41, 5.74) is 2.38. The van der Waals surface area contributed by atoms with Gasteiger partial charge in [-0.15, -0.1) is 0 Å². The second-order valence-electron chi connectivity index (χ2n) is 6.61. The van der Waals surface area contributed by atoms with E-state index in [2.05, 4.69) is 10.6 Å². The second kappa shape index (κ2) is 6.56. The summed E-state index contributed by atoms with van der Waals surface area (Å²) in [5.74, 6) is 0.285. The van der Waals surface area contributed by atoms with E-state index in [9.17, 15) is 14.4 Å². The molecular weight excluding hydrogens is 294 g/mol. The van der Waals surface area contributed by atoms with E-state index >= 15 is 0 Å². The SMILES string of the molecule is CC(=O)NCC(=O)N[C@@H]1CCc2c(ccc(=O)n2CC2CC2)C1. The Hall–Kier alpha value is -2.11. The van der Waals surface area contributed by atoms with Crippen molar-refractivity contribution >= 4 is 11.8 Å². The fraction of sp³-hybridized carbons (Fsp3) is 0.588. The molecule has 0 aromatic carbocycles. The van der Waals surface area contributed by atoms with Crippen molar-refractivity contribution < 1.29 is 9.59 Å². The van der Waals surface area contributed by atoms with Crippen molar-refractivity contribution in [3.8, 4) is 0 Å². The molecule has 0 aliphatic heterocycles. The summed E-state index contributed by atoms with van der Waals surface area (Å²) in [7, 11) is 0. The molecule has 1 aromatic rings. The summed E-state index contributed by atoms with van der Waals surface area (Å²) in [6.45, 7) is 2.24. The monoisotopic (exact) mass is 317 g/mol. The van der Waals surface area contributed by atoms with Crippen molar-refractivity contribution in [2.45, 2.75) is 51.6 Å². The van der Waals surface area contributed by atoms with Crippen molar-refractivity contribution in [2.75, 3.05) is 6.54 Å². The summed E-state index contributed by atoms with van der Waals surface area (Å²) < 4.78 is 1.93. The highest BCUT2D eigenvalue weighted by Gasteiger charge is 2.27. The Balaban J connectivity index is 1.65. The van der Waals surface area contributed by atoms with Gasteiger partial charge < -0.3 is 15.2 Å². The smallest absolute Gasteiger partial charge is 0.250 e. The van der Waals surface area contributed by atoms with Crippen molar-refractivity contribution in [2.24, 2.45) is 5.92 Å². The maximum absolute atomic E-state index is 12.1. The minimum atomic E-state index is -0.210. The van der Waals surface area contributed by atoms with Crippen LogP contribution in [0.5, 0.6) is 0 Å². The largest absolute Gasteiger partial charge is 0.351 e. The number of hydrogen-bond donors (Lipinski definition) is 2. The first kappa shape index (κ1) is 15.8. The fourth-order valence-corrected chi connectivity index (χ4v) is 3.19. The van der Waals surface area contributed by atoms with E-state index in [1.54, 1.807) is 6.07 Å². The highest BCUT2D eigenvalue weighted by Crippen LogP contribution is 2.31. The zero-order chi connectivity index (χ0) is 16.4. The molecule has 2 aliphatic rings. The first-order valence-corrected chi connectivity index (χ1v) is 8.28. The molecular formula is C17H23N3O3. The minimum absolute atomic E-state index is 0.0138. The van der Waals surface area contributed by atoms with Gasteiger partial charge in [0.15, 0.2) is 0 Å². The van der Waals surface area contributed by atoms with Crippen LogP contribution < -0.4 is 16.2 Å². The van der Waals surface area contributed by atoms with Gasteiger partial charge in [-0.3, -0.25) is 14.4 Å². The van der Waals surface area contributed by atoms with Crippen LogP contribution >= 0.6 is 0 Å². The summed E-state index contributed by atoms with van der Waals surface area (Å²) in [6.07, 6.45) is 4.82. The number of pyridine rings is 1. The minimum Gasteiger partial charge on any atom is -0.351 e. The van der Waals surface area contributed by atoms with Gasteiger partial charge in [-0.2, -0.15) is 0 Å². The van der Waals surface area contributed by atoms with Crippen LogP contribution in [0.3, 0.4) is 0 Å². The van der Waals surface area contributed by atoms with Crippen molar-refractivity contribution in [3.63, 3.8) is 0 Å². The van der Waals surface area contributed by atoms with Crippen LogP contribution in [0, 0.1) is 5.92 Å². The number of carbonyl (C=O) groups excluding carboxylic acids is 2. The fourth-order valence-electron chi connectivity index (χ4n) is 3.19. The number of amides is 2. The Morgan fingerprint density at radius 1 is 1.26 bits per heavy atom.